The van der Waals surface area contributed by atoms with E-state index in [1.165, 1.54) is 30.4 Å². The van der Waals surface area contributed by atoms with Crippen LogP contribution in [-0.2, 0) is 11.8 Å². The zero-order valence-electron chi connectivity index (χ0n) is 8.94. The maximum Gasteiger partial charge on any atom is 0.0440 e. The van der Waals surface area contributed by atoms with Gasteiger partial charge in [-0.25, -0.2) is 0 Å². The average Bonchev–Trinajstić information content (AvgIpc) is 2.20. The van der Waals surface area contributed by atoms with Crippen molar-refractivity contribution in [3.63, 3.8) is 0 Å². The largest absolute Gasteiger partial charge is 0.0840 e. The Hall–Kier alpha value is -0.490. The van der Waals surface area contributed by atoms with Crippen LogP contribution in [0, 0.1) is 0 Å². The predicted molar refractivity (Wildman–Crippen MR) is 62.0 cm³/mol. The van der Waals surface area contributed by atoms with E-state index in [1.54, 1.807) is 0 Å². The second-order valence-corrected chi connectivity index (χ2v) is 4.94. The monoisotopic (exact) mass is 208 g/mol. The molecule has 1 atom stereocenters. The summed E-state index contributed by atoms with van der Waals surface area (Å²) < 4.78 is 0. The maximum absolute atomic E-state index is 6.23. The zero-order chi connectivity index (χ0) is 10.2. The molecule has 0 spiro atoms. The molecule has 14 heavy (non-hydrogen) atoms. The Morgan fingerprint density at radius 3 is 2.93 bits per heavy atom. The molecule has 0 radical (unpaired) electrons. The van der Waals surface area contributed by atoms with Gasteiger partial charge in [-0.3, -0.25) is 0 Å². The highest BCUT2D eigenvalue weighted by Gasteiger charge is 2.30. The number of rotatable bonds is 1. The average molecular weight is 209 g/mol. The van der Waals surface area contributed by atoms with Crippen LogP contribution in [0.5, 0.6) is 0 Å². The Morgan fingerprint density at radius 1 is 1.43 bits per heavy atom. The van der Waals surface area contributed by atoms with E-state index in [9.17, 15) is 0 Å². The Labute approximate surface area is 91.3 Å². The third-order valence-corrected chi connectivity index (χ3v) is 4.06. The van der Waals surface area contributed by atoms with E-state index >= 15 is 0 Å². The number of hydrogen-bond acceptors (Lipinski definition) is 0. The van der Waals surface area contributed by atoms with Gasteiger partial charge in [-0.05, 0) is 48.3 Å². The minimum atomic E-state index is 0.360. The maximum atomic E-state index is 6.23. The molecule has 0 saturated carbocycles. The fraction of sp³-hybridized carbons (Fsp3) is 0.538. The molecule has 1 aromatic rings. The number of benzene rings is 1. The lowest BCUT2D eigenvalue weighted by molar-refractivity contribution is 0.381. The van der Waals surface area contributed by atoms with Crippen LogP contribution in [-0.4, -0.2) is 0 Å². The van der Waals surface area contributed by atoms with Gasteiger partial charge >= 0.3 is 0 Å². The van der Waals surface area contributed by atoms with E-state index in [4.69, 9.17) is 11.6 Å². The van der Waals surface area contributed by atoms with Crippen molar-refractivity contribution in [2.45, 2.75) is 44.9 Å². The summed E-state index contributed by atoms with van der Waals surface area (Å²) in [7, 11) is 0. The summed E-state index contributed by atoms with van der Waals surface area (Å²) in [6.07, 6.45) is 4.95. The first kappa shape index (κ1) is 10.0. The smallest absolute Gasteiger partial charge is 0.0440 e. The third kappa shape index (κ3) is 1.46. The molecule has 0 aliphatic heterocycles. The van der Waals surface area contributed by atoms with Gasteiger partial charge in [0.1, 0.15) is 0 Å². The Morgan fingerprint density at radius 2 is 2.21 bits per heavy atom. The number of fused-ring (bicyclic) bond motifs is 1. The molecule has 0 saturated heterocycles. The molecular formula is C13H17Cl. The van der Waals surface area contributed by atoms with Gasteiger partial charge in [-0.2, -0.15) is 0 Å². The third-order valence-electron chi connectivity index (χ3n) is 3.70. The molecular weight excluding hydrogens is 192 g/mol. The fourth-order valence-electron chi connectivity index (χ4n) is 2.54. The lowest BCUT2D eigenvalue weighted by Crippen LogP contribution is -2.26. The fourth-order valence-corrected chi connectivity index (χ4v) is 2.80. The summed E-state index contributed by atoms with van der Waals surface area (Å²) in [6, 6.07) is 6.35. The van der Waals surface area contributed by atoms with Gasteiger partial charge in [0.25, 0.3) is 0 Å². The summed E-state index contributed by atoms with van der Waals surface area (Å²) in [5.41, 5.74) is 3.24. The highest BCUT2D eigenvalue weighted by Crippen LogP contribution is 2.41. The molecule has 0 aromatic heterocycles. The Bertz CT molecular complexity index is 343. The minimum Gasteiger partial charge on any atom is -0.0840 e. The molecule has 0 nitrogen and oxygen atoms in total. The molecule has 2 rings (SSSR count). The zero-order valence-corrected chi connectivity index (χ0v) is 9.69. The van der Waals surface area contributed by atoms with Gasteiger partial charge in [-0.15, -0.1) is 0 Å². The lowest BCUT2D eigenvalue weighted by atomic mass is 9.70. The summed E-state index contributed by atoms with van der Waals surface area (Å²) in [5, 5.41) is 0.960. The Kier molecular flexibility index (Phi) is 2.57. The first-order valence-electron chi connectivity index (χ1n) is 5.45. The van der Waals surface area contributed by atoms with Gasteiger partial charge < -0.3 is 0 Å². The van der Waals surface area contributed by atoms with E-state index in [-0.39, 0.29) is 0 Å². The van der Waals surface area contributed by atoms with Crippen molar-refractivity contribution in [3.05, 3.63) is 34.3 Å². The van der Waals surface area contributed by atoms with Crippen LogP contribution >= 0.6 is 11.6 Å². The van der Waals surface area contributed by atoms with Crippen LogP contribution in [0.1, 0.15) is 44.2 Å². The second kappa shape index (κ2) is 3.58. The van der Waals surface area contributed by atoms with E-state index in [2.05, 4.69) is 26.0 Å². The van der Waals surface area contributed by atoms with Crippen LogP contribution in [0.25, 0.3) is 0 Å². The van der Waals surface area contributed by atoms with Crippen molar-refractivity contribution >= 4 is 11.6 Å². The Balaban J connectivity index is 2.55. The number of halogens is 1. The molecule has 0 fully saturated rings. The second-order valence-electron chi connectivity index (χ2n) is 4.53. The van der Waals surface area contributed by atoms with Gasteiger partial charge in [0.05, 0.1) is 0 Å². The summed E-state index contributed by atoms with van der Waals surface area (Å²) in [6.45, 7) is 4.64. The molecule has 76 valence electrons. The standard InChI is InChI=1S/C13H17Cl/c1-3-13(2)9-5-6-10-11(13)7-4-8-12(10)14/h4,7-8H,3,5-6,9H2,1-2H3. The van der Waals surface area contributed by atoms with Crippen molar-refractivity contribution in [1.82, 2.24) is 0 Å². The van der Waals surface area contributed by atoms with E-state index < -0.39 is 0 Å². The first-order valence-corrected chi connectivity index (χ1v) is 5.83. The SMILES string of the molecule is CCC1(C)CCCc2c(Cl)cccc21. The van der Waals surface area contributed by atoms with Crippen LogP contribution in [0.4, 0.5) is 0 Å². The predicted octanol–water partition coefficient (Wildman–Crippen LogP) is 4.34. The summed E-state index contributed by atoms with van der Waals surface area (Å²) >= 11 is 6.23. The minimum absolute atomic E-state index is 0.360. The van der Waals surface area contributed by atoms with E-state index in [1.807, 2.05) is 6.07 Å². The summed E-state index contributed by atoms with van der Waals surface area (Å²) in [5.74, 6) is 0. The summed E-state index contributed by atoms with van der Waals surface area (Å²) in [4.78, 5) is 0. The molecule has 0 bridgehead atoms. The molecule has 1 aliphatic carbocycles. The van der Waals surface area contributed by atoms with Crippen molar-refractivity contribution in [2.75, 3.05) is 0 Å². The first-order chi connectivity index (χ1) is 6.67. The molecule has 0 heterocycles. The molecule has 0 N–H and O–H groups in total. The molecule has 1 unspecified atom stereocenters. The van der Waals surface area contributed by atoms with Crippen molar-refractivity contribution in [1.29, 1.82) is 0 Å². The van der Waals surface area contributed by atoms with Gasteiger partial charge in [0.15, 0.2) is 0 Å². The van der Waals surface area contributed by atoms with E-state index in [0.29, 0.717) is 5.41 Å². The molecule has 1 aliphatic rings. The van der Waals surface area contributed by atoms with Crippen LogP contribution in [0.2, 0.25) is 5.02 Å². The number of hydrogen-bond donors (Lipinski definition) is 0. The van der Waals surface area contributed by atoms with Crippen molar-refractivity contribution < 1.29 is 0 Å². The van der Waals surface area contributed by atoms with Crippen LogP contribution < -0.4 is 0 Å². The van der Waals surface area contributed by atoms with Gasteiger partial charge in [-0.1, -0.05) is 37.6 Å². The van der Waals surface area contributed by atoms with Crippen LogP contribution in [0.15, 0.2) is 18.2 Å². The van der Waals surface area contributed by atoms with Gasteiger partial charge in [0.2, 0.25) is 0 Å². The lowest BCUT2D eigenvalue weighted by Gasteiger charge is -2.35. The van der Waals surface area contributed by atoms with Crippen LogP contribution in [0.3, 0.4) is 0 Å². The molecule has 1 aromatic carbocycles. The molecule has 0 amide bonds. The van der Waals surface area contributed by atoms with Crippen molar-refractivity contribution in [2.24, 2.45) is 0 Å². The highest BCUT2D eigenvalue weighted by molar-refractivity contribution is 6.31. The van der Waals surface area contributed by atoms with Gasteiger partial charge in [0, 0.05) is 5.02 Å². The van der Waals surface area contributed by atoms with E-state index in [0.717, 1.165) is 11.4 Å². The normalized spacial score (nSPS) is 25.9. The topological polar surface area (TPSA) is 0 Å². The quantitative estimate of drug-likeness (QED) is 0.644. The highest BCUT2D eigenvalue weighted by atomic mass is 35.5. The van der Waals surface area contributed by atoms with Crippen molar-refractivity contribution in [3.8, 4) is 0 Å². The molecule has 1 heteroatoms.